The van der Waals surface area contributed by atoms with Crippen molar-refractivity contribution in [3.05, 3.63) is 82.7 Å². The highest BCUT2D eigenvalue weighted by Crippen LogP contribution is 2.19. The van der Waals surface area contributed by atoms with Gasteiger partial charge in [-0.1, -0.05) is 49.4 Å². The van der Waals surface area contributed by atoms with Crippen molar-refractivity contribution in [3.8, 4) is 0 Å². The summed E-state index contributed by atoms with van der Waals surface area (Å²) in [5.41, 5.74) is 4.08. The molecule has 1 amide bonds. The maximum Gasteiger partial charge on any atom is 0.252 e. The summed E-state index contributed by atoms with van der Waals surface area (Å²) < 4.78 is 27.0. The lowest BCUT2D eigenvalue weighted by molar-refractivity contribution is 0.0947. The molecular weight excluding hydrogens is 398 g/mol. The highest BCUT2D eigenvalue weighted by atomic mass is 32.2. The Labute approximate surface area is 177 Å². The molecule has 1 aromatic heterocycles. The van der Waals surface area contributed by atoms with Crippen LogP contribution < -0.4 is 5.32 Å². The molecule has 1 N–H and O–H groups in total. The van der Waals surface area contributed by atoms with E-state index in [1.54, 1.807) is 25.1 Å². The molecule has 30 heavy (non-hydrogen) atoms. The van der Waals surface area contributed by atoms with Crippen LogP contribution in [0, 0.1) is 13.8 Å². The minimum atomic E-state index is -3.49. The van der Waals surface area contributed by atoms with Crippen molar-refractivity contribution in [2.75, 3.05) is 5.75 Å². The van der Waals surface area contributed by atoms with Gasteiger partial charge in [0, 0.05) is 17.8 Å². The normalized spacial score (nSPS) is 11.4. The molecule has 1 heterocycles. The summed E-state index contributed by atoms with van der Waals surface area (Å²) in [7, 11) is -3.49. The fraction of sp³-hybridized carbons (Fsp3) is 0.304. The number of carbonyl (C=O) groups is 1. The Balaban J connectivity index is 1.78. The van der Waals surface area contributed by atoms with Crippen LogP contribution in [0.25, 0.3) is 0 Å². The van der Waals surface area contributed by atoms with E-state index in [1.165, 1.54) is 6.07 Å². The number of aromatic nitrogens is 2. The lowest BCUT2D eigenvalue weighted by Crippen LogP contribution is -2.25. The zero-order chi connectivity index (χ0) is 21.7. The number of benzene rings is 2. The average molecular weight is 426 g/mol. The van der Waals surface area contributed by atoms with E-state index >= 15 is 0 Å². The molecule has 0 spiro atoms. The Morgan fingerprint density at radius 3 is 2.40 bits per heavy atom. The monoisotopic (exact) mass is 425 g/mol. The largest absolute Gasteiger partial charge is 0.348 e. The number of nitrogens with zero attached hydrogens (tertiary/aromatic N) is 2. The number of nitrogens with one attached hydrogen (secondary N) is 1. The molecule has 0 unspecified atom stereocenters. The van der Waals surface area contributed by atoms with Gasteiger partial charge in [0.2, 0.25) is 0 Å². The van der Waals surface area contributed by atoms with Crippen LogP contribution in [0.4, 0.5) is 0 Å². The molecule has 0 saturated heterocycles. The summed E-state index contributed by atoms with van der Waals surface area (Å²) in [5, 5.41) is 7.48. The highest BCUT2D eigenvalue weighted by Gasteiger charge is 2.22. The molecule has 2 aromatic carbocycles. The van der Waals surface area contributed by atoms with Gasteiger partial charge in [-0.15, -0.1) is 0 Å². The number of sulfone groups is 1. The van der Waals surface area contributed by atoms with Crippen LogP contribution in [0.5, 0.6) is 0 Å². The second-order valence-corrected chi connectivity index (χ2v) is 9.37. The van der Waals surface area contributed by atoms with Gasteiger partial charge in [-0.25, -0.2) is 8.42 Å². The van der Waals surface area contributed by atoms with Crippen molar-refractivity contribution in [2.24, 2.45) is 0 Å². The highest BCUT2D eigenvalue weighted by molar-refractivity contribution is 7.91. The minimum absolute atomic E-state index is 0.0156. The SMILES string of the molecule is CCCS(=O)(=O)c1ccccc1C(=O)NCc1c(C)nn(Cc2ccccc2)c1C. The van der Waals surface area contributed by atoms with Crippen LogP contribution in [-0.4, -0.2) is 29.9 Å². The smallest absolute Gasteiger partial charge is 0.252 e. The molecule has 3 aromatic rings. The van der Waals surface area contributed by atoms with Crippen LogP contribution in [0.1, 0.15) is 46.2 Å². The van der Waals surface area contributed by atoms with E-state index in [4.69, 9.17) is 0 Å². The van der Waals surface area contributed by atoms with E-state index in [2.05, 4.69) is 10.4 Å². The van der Waals surface area contributed by atoms with Crippen LogP contribution in [0.3, 0.4) is 0 Å². The number of hydrogen-bond acceptors (Lipinski definition) is 4. The summed E-state index contributed by atoms with van der Waals surface area (Å²) in [5.74, 6) is -0.387. The lowest BCUT2D eigenvalue weighted by atomic mass is 10.1. The molecule has 7 heteroatoms. The topological polar surface area (TPSA) is 81.1 Å². The van der Waals surface area contributed by atoms with Crippen LogP contribution >= 0.6 is 0 Å². The summed E-state index contributed by atoms with van der Waals surface area (Å²) >= 11 is 0. The van der Waals surface area contributed by atoms with Crippen LogP contribution in [-0.2, 0) is 22.9 Å². The molecule has 0 fully saturated rings. The third-order valence-corrected chi connectivity index (χ3v) is 7.04. The lowest BCUT2D eigenvalue weighted by Gasteiger charge is -2.11. The van der Waals surface area contributed by atoms with Crippen molar-refractivity contribution < 1.29 is 13.2 Å². The van der Waals surface area contributed by atoms with Gasteiger partial charge in [0.15, 0.2) is 9.84 Å². The van der Waals surface area contributed by atoms with Crippen molar-refractivity contribution in [3.63, 3.8) is 0 Å². The van der Waals surface area contributed by atoms with Gasteiger partial charge in [0.1, 0.15) is 0 Å². The third-order valence-electron chi connectivity index (χ3n) is 5.07. The number of rotatable bonds is 8. The first kappa shape index (κ1) is 21.8. The number of hydrogen-bond donors (Lipinski definition) is 1. The fourth-order valence-corrected chi connectivity index (χ4v) is 5.01. The van der Waals surface area contributed by atoms with E-state index in [9.17, 15) is 13.2 Å². The van der Waals surface area contributed by atoms with Gasteiger partial charge < -0.3 is 5.32 Å². The first-order valence-electron chi connectivity index (χ1n) is 10.00. The van der Waals surface area contributed by atoms with Gasteiger partial charge in [-0.05, 0) is 38.0 Å². The van der Waals surface area contributed by atoms with Gasteiger partial charge in [0.05, 0.1) is 28.5 Å². The van der Waals surface area contributed by atoms with E-state index in [-0.39, 0.29) is 22.8 Å². The van der Waals surface area contributed by atoms with Crippen LogP contribution in [0.2, 0.25) is 0 Å². The van der Waals surface area contributed by atoms with E-state index < -0.39 is 15.7 Å². The van der Waals surface area contributed by atoms with Gasteiger partial charge in [0.25, 0.3) is 5.91 Å². The van der Waals surface area contributed by atoms with Gasteiger partial charge in [-0.3, -0.25) is 9.48 Å². The first-order valence-corrected chi connectivity index (χ1v) is 11.7. The number of amides is 1. The zero-order valence-electron chi connectivity index (χ0n) is 17.6. The van der Waals surface area contributed by atoms with Crippen molar-refractivity contribution in [1.82, 2.24) is 15.1 Å². The van der Waals surface area contributed by atoms with E-state index in [0.717, 1.165) is 22.5 Å². The number of carbonyl (C=O) groups excluding carboxylic acids is 1. The van der Waals surface area contributed by atoms with Gasteiger partial charge >= 0.3 is 0 Å². The number of aryl methyl sites for hydroxylation is 1. The van der Waals surface area contributed by atoms with Gasteiger partial charge in [-0.2, -0.15) is 5.10 Å². The summed E-state index contributed by atoms with van der Waals surface area (Å²) in [6.07, 6.45) is 0.497. The van der Waals surface area contributed by atoms with E-state index in [1.807, 2.05) is 48.9 Å². The van der Waals surface area contributed by atoms with E-state index in [0.29, 0.717) is 13.0 Å². The average Bonchev–Trinajstić information content (AvgIpc) is 2.99. The molecule has 0 radical (unpaired) electrons. The maximum atomic E-state index is 12.8. The predicted molar refractivity (Wildman–Crippen MR) is 117 cm³/mol. The standard InChI is InChI=1S/C23H27N3O3S/c1-4-14-30(28,29)22-13-9-8-12-20(22)23(27)24-15-21-17(2)25-26(18(21)3)16-19-10-6-5-7-11-19/h5-13H,4,14-16H2,1-3H3,(H,24,27). The predicted octanol–water partition coefficient (Wildman–Crippen LogP) is 3.66. The Kier molecular flexibility index (Phi) is 6.72. The summed E-state index contributed by atoms with van der Waals surface area (Å²) in [6, 6.07) is 16.4. The molecule has 0 aliphatic heterocycles. The molecule has 0 atom stereocenters. The Hall–Kier alpha value is -2.93. The third kappa shape index (κ3) is 4.79. The first-order chi connectivity index (χ1) is 14.3. The second-order valence-electron chi connectivity index (χ2n) is 7.29. The Morgan fingerprint density at radius 2 is 1.70 bits per heavy atom. The molecule has 158 valence electrons. The Bertz CT molecular complexity index is 1140. The molecule has 0 aliphatic carbocycles. The van der Waals surface area contributed by atoms with Crippen molar-refractivity contribution in [2.45, 2.75) is 45.2 Å². The molecular formula is C23H27N3O3S. The van der Waals surface area contributed by atoms with Crippen molar-refractivity contribution >= 4 is 15.7 Å². The molecule has 0 aliphatic rings. The van der Waals surface area contributed by atoms with Crippen molar-refractivity contribution in [1.29, 1.82) is 0 Å². The quantitative estimate of drug-likeness (QED) is 0.597. The zero-order valence-corrected chi connectivity index (χ0v) is 18.4. The molecule has 0 saturated carbocycles. The Morgan fingerprint density at radius 1 is 1.03 bits per heavy atom. The summed E-state index contributed by atoms with van der Waals surface area (Å²) in [4.78, 5) is 12.9. The second kappa shape index (κ2) is 9.26. The molecule has 0 bridgehead atoms. The summed E-state index contributed by atoms with van der Waals surface area (Å²) in [6.45, 7) is 6.63. The maximum absolute atomic E-state index is 12.8. The minimum Gasteiger partial charge on any atom is -0.348 e. The fourth-order valence-electron chi connectivity index (χ4n) is 3.47. The molecule has 6 nitrogen and oxygen atoms in total. The molecule has 3 rings (SSSR count). The van der Waals surface area contributed by atoms with Crippen LogP contribution in [0.15, 0.2) is 59.5 Å².